The smallest absolute Gasteiger partial charge is 0.237 e. The van der Waals surface area contributed by atoms with Crippen LogP contribution in [0.5, 0.6) is 0 Å². The lowest BCUT2D eigenvalue weighted by atomic mass is 9.65. The van der Waals surface area contributed by atoms with Gasteiger partial charge in [-0.2, -0.15) is 0 Å². The molecule has 1 amide bonds. The van der Waals surface area contributed by atoms with Gasteiger partial charge < -0.3 is 9.80 Å². The largest absolute Gasteiger partial charge is 0.354 e. The molecule has 3 aliphatic rings. The minimum atomic E-state index is 0.319. The Labute approximate surface area is 157 Å². The summed E-state index contributed by atoms with van der Waals surface area (Å²) >= 11 is 0. The normalized spacial score (nSPS) is 31.3. The maximum atomic E-state index is 13.0. The predicted octanol–water partition coefficient (Wildman–Crippen LogP) is 2.63. The summed E-state index contributed by atoms with van der Waals surface area (Å²) in [5, 5.41) is 0. The molecule has 2 saturated heterocycles. The number of carbonyl (C=O) groups excluding carboxylic acids is 1. The van der Waals surface area contributed by atoms with Crippen molar-refractivity contribution in [1.29, 1.82) is 0 Å². The van der Waals surface area contributed by atoms with Crippen LogP contribution >= 0.6 is 0 Å². The van der Waals surface area contributed by atoms with E-state index in [0.29, 0.717) is 29.3 Å². The number of anilines is 1. The van der Waals surface area contributed by atoms with Crippen LogP contribution in [0.2, 0.25) is 0 Å². The van der Waals surface area contributed by atoms with Gasteiger partial charge in [0.15, 0.2) is 0 Å². The number of rotatable bonds is 3. The minimum absolute atomic E-state index is 0.319. The van der Waals surface area contributed by atoms with E-state index < -0.39 is 0 Å². The zero-order chi connectivity index (χ0) is 18.4. The molecule has 1 saturated carbocycles. The average Bonchev–Trinajstić information content (AvgIpc) is 2.85. The van der Waals surface area contributed by atoms with Gasteiger partial charge in [0.2, 0.25) is 5.91 Å². The summed E-state index contributed by atoms with van der Waals surface area (Å²) in [6.07, 6.45) is 5.43. The number of nitrogens with zero attached hydrogens (tertiary/aromatic N) is 4. The number of hydrogen-bond acceptors (Lipinski definition) is 4. The predicted molar refractivity (Wildman–Crippen MR) is 104 cm³/mol. The zero-order valence-electron chi connectivity index (χ0n) is 16.4. The standard InChI is InChI=1S/C21H32N4O/c1-20(2)12-17-13-21(3,15-20)16-25(17)19(26)14-23-8-10-24(11-9-23)18-6-4-5-7-22-18/h4-7,17H,8-16H2,1-3H3/t17-,21+/m0/s1. The Morgan fingerprint density at radius 2 is 1.92 bits per heavy atom. The fraction of sp³-hybridized carbons (Fsp3) is 0.714. The maximum Gasteiger partial charge on any atom is 0.237 e. The van der Waals surface area contributed by atoms with Crippen LogP contribution in [-0.4, -0.2) is 66.0 Å². The van der Waals surface area contributed by atoms with Crippen LogP contribution in [-0.2, 0) is 4.79 Å². The van der Waals surface area contributed by atoms with Crippen LogP contribution in [0.1, 0.15) is 40.0 Å². The van der Waals surface area contributed by atoms with Crippen molar-refractivity contribution < 1.29 is 4.79 Å². The van der Waals surface area contributed by atoms with Gasteiger partial charge >= 0.3 is 0 Å². The van der Waals surface area contributed by atoms with E-state index >= 15 is 0 Å². The van der Waals surface area contributed by atoms with Gasteiger partial charge in [-0.3, -0.25) is 9.69 Å². The number of piperazine rings is 1. The number of amides is 1. The third-order valence-corrected chi connectivity index (χ3v) is 6.44. The number of aromatic nitrogens is 1. The molecule has 5 heteroatoms. The number of carbonyl (C=O) groups is 1. The van der Waals surface area contributed by atoms with Crippen LogP contribution in [0.15, 0.2) is 24.4 Å². The van der Waals surface area contributed by atoms with Crippen molar-refractivity contribution in [3.05, 3.63) is 24.4 Å². The summed E-state index contributed by atoms with van der Waals surface area (Å²) in [4.78, 5) is 24.3. The van der Waals surface area contributed by atoms with E-state index in [-0.39, 0.29) is 0 Å². The van der Waals surface area contributed by atoms with Crippen LogP contribution in [0.25, 0.3) is 0 Å². The van der Waals surface area contributed by atoms with E-state index in [1.165, 1.54) is 12.8 Å². The van der Waals surface area contributed by atoms with Crippen molar-refractivity contribution in [2.24, 2.45) is 10.8 Å². The van der Waals surface area contributed by atoms with Gasteiger partial charge in [0.25, 0.3) is 0 Å². The van der Waals surface area contributed by atoms with E-state index in [4.69, 9.17) is 0 Å². The maximum absolute atomic E-state index is 13.0. The fourth-order valence-corrected chi connectivity index (χ4v) is 5.71. The Kier molecular flexibility index (Phi) is 4.46. The molecular formula is C21H32N4O. The third-order valence-electron chi connectivity index (χ3n) is 6.44. The van der Waals surface area contributed by atoms with Crippen molar-refractivity contribution in [3.8, 4) is 0 Å². The monoisotopic (exact) mass is 356 g/mol. The lowest BCUT2D eigenvalue weighted by molar-refractivity contribution is -0.133. The number of likely N-dealkylation sites (tertiary alicyclic amines) is 1. The molecule has 2 aliphatic heterocycles. The summed E-state index contributed by atoms with van der Waals surface area (Å²) in [5.74, 6) is 1.38. The Morgan fingerprint density at radius 1 is 1.15 bits per heavy atom. The Balaban J connectivity index is 1.32. The minimum Gasteiger partial charge on any atom is -0.354 e. The quantitative estimate of drug-likeness (QED) is 0.835. The van der Waals surface area contributed by atoms with Crippen molar-refractivity contribution in [1.82, 2.24) is 14.8 Å². The van der Waals surface area contributed by atoms with Gasteiger partial charge in [-0.15, -0.1) is 0 Å². The van der Waals surface area contributed by atoms with E-state index in [2.05, 4.69) is 46.5 Å². The lowest BCUT2D eigenvalue weighted by Gasteiger charge is -2.39. The summed E-state index contributed by atoms with van der Waals surface area (Å²) < 4.78 is 0. The highest BCUT2D eigenvalue weighted by Gasteiger charge is 2.50. The van der Waals surface area contributed by atoms with Gasteiger partial charge in [-0.1, -0.05) is 26.8 Å². The highest BCUT2D eigenvalue weighted by Crippen LogP contribution is 2.52. The van der Waals surface area contributed by atoms with E-state index in [1.54, 1.807) is 0 Å². The first-order chi connectivity index (χ1) is 12.3. The molecule has 0 unspecified atom stereocenters. The highest BCUT2D eigenvalue weighted by atomic mass is 16.2. The van der Waals surface area contributed by atoms with Gasteiger partial charge in [-0.05, 0) is 42.2 Å². The van der Waals surface area contributed by atoms with Crippen LogP contribution in [0, 0.1) is 10.8 Å². The molecule has 26 heavy (non-hydrogen) atoms. The molecule has 1 aliphatic carbocycles. The van der Waals surface area contributed by atoms with Gasteiger partial charge in [0.05, 0.1) is 6.54 Å². The molecular weight excluding hydrogens is 324 g/mol. The van der Waals surface area contributed by atoms with Gasteiger partial charge in [0.1, 0.15) is 5.82 Å². The molecule has 0 aromatic carbocycles. The molecule has 2 atom stereocenters. The number of pyridine rings is 1. The summed E-state index contributed by atoms with van der Waals surface area (Å²) in [6, 6.07) is 6.50. The summed E-state index contributed by atoms with van der Waals surface area (Å²) in [5.41, 5.74) is 0.681. The molecule has 142 valence electrons. The lowest BCUT2D eigenvalue weighted by Crippen LogP contribution is -2.51. The summed E-state index contributed by atoms with van der Waals surface area (Å²) in [7, 11) is 0. The van der Waals surface area contributed by atoms with E-state index in [1.807, 2.05) is 18.3 Å². The Hall–Kier alpha value is -1.62. The number of hydrogen-bond donors (Lipinski definition) is 0. The van der Waals surface area contributed by atoms with Crippen LogP contribution in [0.3, 0.4) is 0 Å². The third kappa shape index (κ3) is 3.59. The molecule has 1 aromatic rings. The van der Waals surface area contributed by atoms with E-state index in [9.17, 15) is 4.79 Å². The van der Waals surface area contributed by atoms with Gasteiger partial charge in [-0.25, -0.2) is 4.98 Å². The SMILES string of the molecule is CC1(C)C[C@H]2C[C@@](C)(CN2C(=O)CN2CCN(c3ccccn3)CC2)C1. The zero-order valence-corrected chi connectivity index (χ0v) is 16.4. The summed E-state index contributed by atoms with van der Waals surface area (Å²) in [6.45, 7) is 12.4. The van der Waals surface area contributed by atoms with Crippen molar-refractivity contribution in [2.75, 3.05) is 44.2 Å². The van der Waals surface area contributed by atoms with Crippen molar-refractivity contribution >= 4 is 11.7 Å². The van der Waals surface area contributed by atoms with Gasteiger partial charge in [0, 0.05) is 45.0 Å². The average molecular weight is 357 g/mol. The topological polar surface area (TPSA) is 39.7 Å². The van der Waals surface area contributed by atoms with Crippen LogP contribution < -0.4 is 4.90 Å². The highest BCUT2D eigenvalue weighted by molar-refractivity contribution is 5.79. The second kappa shape index (κ2) is 6.52. The first-order valence-corrected chi connectivity index (χ1v) is 10.0. The molecule has 2 bridgehead atoms. The number of fused-ring (bicyclic) bond motifs is 2. The molecule has 0 N–H and O–H groups in total. The molecule has 0 radical (unpaired) electrons. The second-order valence-corrected chi connectivity index (χ2v) is 9.69. The van der Waals surface area contributed by atoms with Crippen LogP contribution in [0.4, 0.5) is 5.82 Å². The molecule has 3 fully saturated rings. The van der Waals surface area contributed by atoms with Crippen molar-refractivity contribution in [3.63, 3.8) is 0 Å². The molecule has 1 aromatic heterocycles. The molecule has 0 spiro atoms. The van der Waals surface area contributed by atoms with E-state index in [0.717, 1.165) is 45.0 Å². The fourth-order valence-electron chi connectivity index (χ4n) is 5.71. The Morgan fingerprint density at radius 3 is 2.62 bits per heavy atom. The molecule has 4 rings (SSSR count). The molecule has 3 heterocycles. The first kappa shape index (κ1) is 17.8. The molecule has 5 nitrogen and oxygen atoms in total. The van der Waals surface area contributed by atoms with Crippen molar-refractivity contribution in [2.45, 2.75) is 46.1 Å². The second-order valence-electron chi connectivity index (χ2n) is 9.69. The first-order valence-electron chi connectivity index (χ1n) is 10.0. The Bertz CT molecular complexity index is 653.